The number of rotatable bonds is 0. The summed E-state index contributed by atoms with van der Waals surface area (Å²) in [6.07, 6.45) is 3.97. The van der Waals surface area contributed by atoms with Gasteiger partial charge in [0.1, 0.15) is 0 Å². The van der Waals surface area contributed by atoms with E-state index in [4.69, 9.17) is 16.3 Å². The van der Waals surface area contributed by atoms with Gasteiger partial charge in [-0.3, -0.25) is 0 Å². The molecule has 0 radical (unpaired) electrons. The van der Waals surface area contributed by atoms with Crippen molar-refractivity contribution in [3.8, 4) is 12.1 Å². The van der Waals surface area contributed by atoms with Crippen LogP contribution in [0.3, 0.4) is 0 Å². The second-order valence-corrected chi connectivity index (χ2v) is 3.43. The number of hydrogen-bond acceptors (Lipinski definition) is 3. The van der Waals surface area contributed by atoms with E-state index in [0.29, 0.717) is 0 Å². The number of hydrogen-bond donors (Lipinski definition) is 1. The lowest BCUT2D eigenvalue weighted by atomic mass is 9.85. The van der Waals surface area contributed by atoms with Crippen molar-refractivity contribution in [3.05, 3.63) is 12.2 Å². The standard InChI is InChI=1S/C9H9N3/c10-3-7-5-1-2-6(9(5)12)8(7)4-11/h1-2,5-9H,12H2. The van der Waals surface area contributed by atoms with Gasteiger partial charge in [-0.15, -0.1) is 0 Å². The second kappa shape index (κ2) is 2.33. The third-order valence-electron chi connectivity index (χ3n) is 2.96. The lowest BCUT2D eigenvalue weighted by molar-refractivity contribution is 0.468. The minimum absolute atomic E-state index is 0.000648. The summed E-state index contributed by atoms with van der Waals surface area (Å²) < 4.78 is 0. The summed E-state index contributed by atoms with van der Waals surface area (Å²) in [5.74, 6) is -0.130. The van der Waals surface area contributed by atoms with Crippen LogP contribution >= 0.6 is 0 Å². The Morgan fingerprint density at radius 3 is 1.75 bits per heavy atom. The second-order valence-electron chi connectivity index (χ2n) is 3.43. The summed E-state index contributed by atoms with van der Waals surface area (Å²) in [5, 5.41) is 17.6. The minimum atomic E-state index is -0.181. The fourth-order valence-corrected chi connectivity index (χ4v) is 2.30. The van der Waals surface area contributed by atoms with E-state index in [1.54, 1.807) is 0 Å². The van der Waals surface area contributed by atoms with E-state index in [0.717, 1.165) is 0 Å². The molecule has 60 valence electrons. The van der Waals surface area contributed by atoms with Gasteiger partial charge in [0.15, 0.2) is 0 Å². The van der Waals surface area contributed by atoms with Crippen LogP contribution in [0, 0.1) is 46.3 Å². The maximum Gasteiger partial charge on any atom is 0.0705 e. The number of nitrogens with zero attached hydrogens (tertiary/aromatic N) is 2. The van der Waals surface area contributed by atoms with E-state index in [2.05, 4.69) is 12.1 Å². The summed E-state index contributed by atoms with van der Waals surface area (Å²) in [7, 11) is 0. The van der Waals surface area contributed by atoms with Gasteiger partial charge in [-0.2, -0.15) is 10.5 Å². The van der Waals surface area contributed by atoms with Gasteiger partial charge in [0, 0.05) is 17.9 Å². The van der Waals surface area contributed by atoms with E-state index in [-0.39, 0.29) is 29.7 Å². The van der Waals surface area contributed by atoms with Gasteiger partial charge in [-0.25, -0.2) is 0 Å². The maximum atomic E-state index is 8.82. The fraction of sp³-hybridized carbons (Fsp3) is 0.556. The number of nitrogens with two attached hydrogens (primary N) is 1. The van der Waals surface area contributed by atoms with E-state index >= 15 is 0 Å². The van der Waals surface area contributed by atoms with Gasteiger partial charge in [0.2, 0.25) is 0 Å². The quantitative estimate of drug-likeness (QED) is 0.520. The molecular weight excluding hydrogens is 150 g/mol. The molecule has 2 rings (SSSR count). The molecule has 4 unspecified atom stereocenters. The van der Waals surface area contributed by atoms with Gasteiger partial charge in [0.05, 0.1) is 24.0 Å². The molecule has 0 saturated heterocycles. The summed E-state index contributed by atoms with van der Waals surface area (Å²) >= 11 is 0. The maximum absolute atomic E-state index is 8.82. The molecule has 0 heterocycles. The Morgan fingerprint density at radius 2 is 1.42 bits per heavy atom. The minimum Gasteiger partial charge on any atom is -0.327 e. The van der Waals surface area contributed by atoms with Crippen molar-refractivity contribution >= 4 is 0 Å². The molecule has 1 fully saturated rings. The molecule has 0 aliphatic heterocycles. The lowest BCUT2D eigenvalue weighted by Crippen LogP contribution is -2.27. The highest BCUT2D eigenvalue weighted by molar-refractivity contribution is 5.27. The average Bonchev–Trinajstić information content (AvgIpc) is 2.58. The molecule has 2 aliphatic rings. The van der Waals surface area contributed by atoms with Crippen molar-refractivity contribution in [2.45, 2.75) is 6.04 Å². The molecule has 12 heavy (non-hydrogen) atoms. The van der Waals surface area contributed by atoms with E-state index < -0.39 is 0 Å². The van der Waals surface area contributed by atoms with Crippen molar-refractivity contribution in [2.75, 3.05) is 0 Å². The topological polar surface area (TPSA) is 73.6 Å². The first kappa shape index (κ1) is 7.34. The van der Waals surface area contributed by atoms with Crippen LogP contribution in [-0.2, 0) is 0 Å². The third-order valence-corrected chi connectivity index (χ3v) is 2.96. The van der Waals surface area contributed by atoms with Crippen molar-refractivity contribution < 1.29 is 0 Å². The molecule has 3 nitrogen and oxygen atoms in total. The molecule has 0 aromatic rings. The first-order valence-corrected chi connectivity index (χ1v) is 4.02. The summed E-state index contributed by atoms with van der Waals surface area (Å²) in [6, 6.07) is 4.35. The van der Waals surface area contributed by atoms with Gasteiger partial charge >= 0.3 is 0 Å². The van der Waals surface area contributed by atoms with E-state index in [1.807, 2.05) is 12.2 Å². The van der Waals surface area contributed by atoms with Crippen LogP contribution in [0.15, 0.2) is 12.2 Å². The highest BCUT2D eigenvalue weighted by Crippen LogP contribution is 2.46. The van der Waals surface area contributed by atoms with E-state index in [9.17, 15) is 0 Å². The van der Waals surface area contributed by atoms with Crippen LogP contribution in [0.1, 0.15) is 0 Å². The van der Waals surface area contributed by atoms with Gasteiger partial charge in [0.25, 0.3) is 0 Å². The highest BCUT2D eigenvalue weighted by Gasteiger charge is 2.50. The first-order chi connectivity index (χ1) is 5.79. The lowest BCUT2D eigenvalue weighted by Gasteiger charge is -2.13. The summed E-state index contributed by atoms with van der Waals surface area (Å²) in [6.45, 7) is 0. The Morgan fingerprint density at radius 1 is 1.00 bits per heavy atom. The Bertz CT molecular complexity index is 277. The first-order valence-electron chi connectivity index (χ1n) is 4.02. The Kier molecular flexibility index (Phi) is 1.43. The predicted molar refractivity (Wildman–Crippen MR) is 42.3 cm³/mol. The van der Waals surface area contributed by atoms with Crippen molar-refractivity contribution in [2.24, 2.45) is 29.4 Å². The third kappa shape index (κ3) is 0.668. The van der Waals surface area contributed by atoms with Crippen LogP contribution in [0.2, 0.25) is 0 Å². The zero-order valence-corrected chi connectivity index (χ0v) is 6.51. The molecular formula is C9H9N3. The Balaban J connectivity index is 2.36. The summed E-state index contributed by atoms with van der Waals surface area (Å²) in [4.78, 5) is 0. The Labute approximate surface area is 71.1 Å². The zero-order valence-electron chi connectivity index (χ0n) is 6.51. The van der Waals surface area contributed by atoms with Crippen molar-refractivity contribution in [3.63, 3.8) is 0 Å². The highest BCUT2D eigenvalue weighted by atomic mass is 14.7. The average molecular weight is 159 g/mol. The van der Waals surface area contributed by atoms with Crippen LogP contribution in [0.4, 0.5) is 0 Å². The summed E-state index contributed by atoms with van der Waals surface area (Å²) in [5.41, 5.74) is 5.85. The molecule has 2 N–H and O–H groups in total. The molecule has 1 saturated carbocycles. The normalized spacial score (nSPS) is 48.8. The smallest absolute Gasteiger partial charge is 0.0705 e. The number of fused-ring (bicyclic) bond motifs is 2. The van der Waals surface area contributed by atoms with Gasteiger partial charge in [-0.1, -0.05) is 12.2 Å². The molecule has 2 aliphatic carbocycles. The van der Waals surface area contributed by atoms with Crippen LogP contribution < -0.4 is 5.73 Å². The molecule has 0 amide bonds. The fourth-order valence-electron chi connectivity index (χ4n) is 2.30. The monoisotopic (exact) mass is 159 g/mol. The zero-order chi connectivity index (χ0) is 8.72. The molecule has 2 bridgehead atoms. The number of nitriles is 2. The molecule has 0 spiro atoms. The van der Waals surface area contributed by atoms with Gasteiger partial charge in [-0.05, 0) is 0 Å². The van der Waals surface area contributed by atoms with Crippen LogP contribution in [0.5, 0.6) is 0 Å². The molecule has 4 atom stereocenters. The molecule has 3 heteroatoms. The predicted octanol–water partition coefficient (Wildman–Crippen LogP) is 0.409. The molecule has 0 aromatic carbocycles. The van der Waals surface area contributed by atoms with Crippen LogP contribution in [-0.4, -0.2) is 6.04 Å². The van der Waals surface area contributed by atoms with Crippen LogP contribution in [0.25, 0.3) is 0 Å². The van der Waals surface area contributed by atoms with Crippen molar-refractivity contribution in [1.29, 1.82) is 10.5 Å². The largest absolute Gasteiger partial charge is 0.327 e. The molecule has 0 aromatic heterocycles. The van der Waals surface area contributed by atoms with E-state index in [1.165, 1.54) is 0 Å². The van der Waals surface area contributed by atoms with Gasteiger partial charge < -0.3 is 5.73 Å². The Hall–Kier alpha value is -1.32. The van der Waals surface area contributed by atoms with Crippen molar-refractivity contribution in [1.82, 2.24) is 0 Å². The SMILES string of the molecule is N#CC1C(C#N)C2C=CC1C2N.